The topological polar surface area (TPSA) is 76.0 Å². The molecule has 5 heteroatoms. The third-order valence-electron chi connectivity index (χ3n) is 4.07. The molecule has 24 heavy (non-hydrogen) atoms. The van der Waals surface area contributed by atoms with Crippen molar-refractivity contribution in [2.75, 3.05) is 18.2 Å². The van der Waals surface area contributed by atoms with Gasteiger partial charge in [-0.1, -0.05) is 12.1 Å². The molecule has 0 bridgehead atoms. The summed E-state index contributed by atoms with van der Waals surface area (Å²) in [5.41, 5.74) is 9.73. The molecule has 0 spiro atoms. The summed E-state index contributed by atoms with van der Waals surface area (Å²) in [7, 11) is 1.63. The summed E-state index contributed by atoms with van der Waals surface area (Å²) >= 11 is 0. The molecule has 2 aromatic carbocycles. The van der Waals surface area contributed by atoms with Crippen LogP contribution in [-0.4, -0.2) is 17.1 Å². The van der Waals surface area contributed by atoms with E-state index in [1.807, 2.05) is 36.4 Å². The smallest absolute Gasteiger partial charge is 0.213 e. The minimum atomic E-state index is 0.630. The van der Waals surface area contributed by atoms with E-state index in [-0.39, 0.29) is 0 Å². The van der Waals surface area contributed by atoms with Gasteiger partial charge in [-0.15, -0.1) is 0 Å². The molecular formula is C19H18N4O. The Morgan fingerprint density at radius 1 is 1.04 bits per heavy atom. The molecule has 0 aliphatic rings. The summed E-state index contributed by atoms with van der Waals surface area (Å²) in [4.78, 5) is 7.77. The van der Waals surface area contributed by atoms with E-state index in [9.17, 15) is 0 Å². The minimum absolute atomic E-state index is 0.630. The second kappa shape index (κ2) is 5.77. The van der Waals surface area contributed by atoms with E-state index in [1.165, 1.54) is 5.56 Å². The second-order valence-electron chi connectivity index (χ2n) is 5.76. The van der Waals surface area contributed by atoms with Crippen molar-refractivity contribution in [3.63, 3.8) is 0 Å². The average Bonchev–Trinajstić information content (AvgIpc) is 3.01. The highest BCUT2D eigenvalue weighted by molar-refractivity contribution is 5.86. The third kappa shape index (κ3) is 2.72. The van der Waals surface area contributed by atoms with E-state index in [4.69, 9.17) is 10.5 Å². The van der Waals surface area contributed by atoms with E-state index >= 15 is 0 Å². The molecule has 0 fully saturated rings. The lowest BCUT2D eigenvalue weighted by Gasteiger charge is -2.06. The molecule has 4 rings (SSSR count). The summed E-state index contributed by atoms with van der Waals surface area (Å²) in [5.74, 6) is 1.61. The number of H-pyrrole nitrogens is 1. The van der Waals surface area contributed by atoms with Gasteiger partial charge in [0.1, 0.15) is 5.82 Å². The summed E-state index contributed by atoms with van der Waals surface area (Å²) in [6.07, 6.45) is 0. The number of fused-ring (bicyclic) bond motifs is 2. The largest absolute Gasteiger partial charge is 0.481 e. The lowest BCUT2D eigenvalue weighted by molar-refractivity contribution is 0.399. The Balaban J connectivity index is 1.54. The Morgan fingerprint density at radius 2 is 1.92 bits per heavy atom. The van der Waals surface area contributed by atoms with Crippen molar-refractivity contribution in [3.05, 3.63) is 60.2 Å². The van der Waals surface area contributed by atoms with Gasteiger partial charge in [-0.2, -0.15) is 0 Å². The predicted molar refractivity (Wildman–Crippen MR) is 98.3 cm³/mol. The highest BCUT2D eigenvalue weighted by atomic mass is 16.5. The Hall–Kier alpha value is -3.21. The van der Waals surface area contributed by atoms with Crippen LogP contribution in [0.5, 0.6) is 5.88 Å². The van der Waals surface area contributed by atoms with E-state index < -0.39 is 0 Å². The monoisotopic (exact) mass is 318 g/mol. The maximum Gasteiger partial charge on any atom is 0.213 e. The Morgan fingerprint density at radius 3 is 2.79 bits per heavy atom. The van der Waals surface area contributed by atoms with E-state index in [2.05, 4.69) is 33.5 Å². The lowest BCUT2D eigenvalue weighted by atomic mass is 10.1. The number of pyridine rings is 1. The summed E-state index contributed by atoms with van der Waals surface area (Å²) < 4.78 is 5.16. The number of hydrogen-bond donors (Lipinski definition) is 3. The standard InChI is InChI=1S/C19H18N4O/c1-24-19-7-4-13-8-12(2-6-16(13)23-19)11-21-18-9-14-3-5-15(20)10-17(14)22-18/h2-10,21-22H,11,20H2,1H3. The number of nitrogens with one attached hydrogen (secondary N) is 2. The Labute approximate surface area is 139 Å². The molecular weight excluding hydrogens is 300 g/mol. The molecule has 0 aliphatic heterocycles. The first-order valence-electron chi connectivity index (χ1n) is 7.77. The van der Waals surface area contributed by atoms with Crippen LogP contribution in [0.3, 0.4) is 0 Å². The molecule has 0 saturated heterocycles. The SMILES string of the molecule is COc1ccc2cc(CNc3cc4ccc(N)cc4[nH]3)ccc2n1. The van der Waals surface area contributed by atoms with Crippen LogP contribution in [0.2, 0.25) is 0 Å². The van der Waals surface area contributed by atoms with Crippen LogP contribution < -0.4 is 15.8 Å². The average molecular weight is 318 g/mol. The minimum Gasteiger partial charge on any atom is -0.481 e. The van der Waals surface area contributed by atoms with Crippen LogP contribution in [0.25, 0.3) is 21.8 Å². The number of benzene rings is 2. The molecule has 0 atom stereocenters. The number of nitrogens with zero attached hydrogens (tertiary/aromatic N) is 1. The van der Waals surface area contributed by atoms with Gasteiger partial charge in [0.2, 0.25) is 5.88 Å². The van der Waals surface area contributed by atoms with Crippen LogP contribution in [-0.2, 0) is 6.54 Å². The molecule has 2 heterocycles. The zero-order valence-corrected chi connectivity index (χ0v) is 13.3. The molecule has 5 nitrogen and oxygen atoms in total. The first kappa shape index (κ1) is 14.4. The summed E-state index contributed by atoms with van der Waals surface area (Å²) in [5, 5.41) is 5.65. The molecule has 0 unspecified atom stereocenters. The molecule has 2 aromatic heterocycles. The van der Waals surface area contributed by atoms with Gasteiger partial charge in [0.25, 0.3) is 0 Å². The van der Waals surface area contributed by atoms with Crippen LogP contribution in [0, 0.1) is 0 Å². The normalized spacial score (nSPS) is 11.0. The Kier molecular flexibility index (Phi) is 3.46. The number of aromatic nitrogens is 2. The highest BCUT2D eigenvalue weighted by Gasteiger charge is 2.03. The van der Waals surface area contributed by atoms with Gasteiger partial charge in [0.05, 0.1) is 12.6 Å². The molecule has 0 amide bonds. The number of ether oxygens (including phenoxy) is 1. The highest BCUT2D eigenvalue weighted by Crippen LogP contribution is 2.22. The van der Waals surface area contributed by atoms with Crippen molar-refractivity contribution in [2.45, 2.75) is 6.54 Å². The molecule has 4 N–H and O–H groups in total. The van der Waals surface area contributed by atoms with Crippen LogP contribution in [0.1, 0.15) is 5.56 Å². The fourth-order valence-corrected chi connectivity index (χ4v) is 2.82. The van der Waals surface area contributed by atoms with Gasteiger partial charge in [0, 0.05) is 34.6 Å². The van der Waals surface area contributed by atoms with Gasteiger partial charge in [0.15, 0.2) is 0 Å². The maximum absolute atomic E-state index is 5.82. The molecule has 120 valence electrons. The molecule has 0 radical (unpaired) electrons. The van der Waals surface area contributed by atoms with Crippen LogP contribution >= 0.6 is 0 Å². The van der Waals surface area contributed by atoms with Crippen molar-refractivity contribution in [1.82, 2.24) is 9.97 Å². The number of methoxy groups -OCH3 is 1. The van der Waals surface area contributed by atoms with Crippen LogP contribution in [0.4, 0.5) is 11.5 Å². The number of hydrogen-bond acceptors (Lipinski definition) is 4. The van der Waals surface area contributed by atoms with Crippen LogP contribution in [0.15, 0.2) is 54.6 Å². The zero-order chi connectivity index (χ0) is 16.5. The van der Waals surface area contributed by atoms with Crippen molar-refractivity contribution in [3.8, 4) is 5.88 Å². The van der Waals surface area contributed by atoms with E-state index in [1.54, 1.807) is 7.11 Å². The zero-order valence-electron chi connectivity index (χ0n) is 13.3. The van der Waals surface area contributed by atoms with Gasteiger partial charge in [-0.25, -0.2) is 4.98 Å². The van der Waals surface area contributed by atoms with Crippen molar-refractivity contribution >= 4 is 33.3 Å². The van der Waals surface area contributed by atoms with E-state index in [0.29, 0.717) is 5.88 Å². The fourth-order valence-electron chi connectivity index (χ4n) is 2.82. The van der Waals surface area contributed by atoms with Gasteiger partial charge < -0.3 is 20.8 Å². The molecule has 0 aliphatic carbocycles. The lowest BCUT2D eigenvalue weighted by Crippen LogP contribution is -1.99. The number of nitrogens with two attached hydrogens (primary N) is 1. The number of nitrogen functional groups attached to an aromatic ring is 1. The fraction of sp³-hybridized carbons (Fsp3) is 0.105. The maximum atomic E-state index is 5.82. The van der Waals surface area contributed by atoms with E-state index in [0.717, 1.165) is 39.9 Å². The predicted octanol–water partition coefficient (Wildman–Crippen LogP) is 3.92. The van der Waals surface area contributed by atoms with Gasteiger partial charge in [-0.05, 0) is 42.0 Å². The van der Waals surface area contributed by atoms with Gasteiger partial charge in [-0.3, -0.25) is 0 Å². The number of aromatic amines is 1. The number of anilines is 2. The summed E-state index contributed by atoms with van der Waals surface area (Å²) in [6.45, 7) is 0.726. The first-order chi connectivity index (χ1) is 11.7. The quantitative estimate of drug-likeness (QED) is 0.499. The second-order valence-corrected chi connectivity index (χ2v) is 5.76. The first-order valence-corrected chi connectivity index (χ1v) is 7.77. The Bertz CT molecular complexity index is 1020. The third-order valence-corrected chi connectivity index (χ3v) is 4.07. The van der Waals surface area contributed by atoms with Crippen molar-refractivity contribution < 1.29 is 4.74 Å². The molecule has 0 saturated carbocycles. The molecule has 4 aromatic rings. The number of rotatable bonds is 4. The van der Waals surface area contributed by atoms with Crippen molar-refractivity contribution in [2.24, 2.45) is 0 Å². The summed E-state index contributed by atoms with van der Waals surface area (Å²) in [6, 6.07) is 18.1. The van der Waals surface area contributed by atoms with Crippen molar-refractivity contribution in [1.29, 1.82) is 0 Å². The van der Waals surface area contributed by atoms with Gasteiger partial charge >= 0.3 is 0 Å².